The molecule has 4 aromatic carbocycles. The van der Waals surface area contributed by atoms with Crippen LogP contribution < -0.4 is 0 Å². The number of benzene rings is 4. The summed E-state index contributed by atoms with van der Waals surface area (Å²) in [6, 6.07) is 38.1. The highest BCUT2D eigenvalue weighted by atomic mass is 32.2. The van der Waals surface area contributed by atoms with Crippen LogP contribution in [0.15, 0.2) is 129 Å². The van der Waals surface area contributed by atoms with E-state index >= 15 is 0 Å². The topological polar surface area (TPSA) is 24.7 Å². The Hall–Kier alpha value is -3.08. The van der Waals surface area contributed by atoms with Gasteiger partial charge in [-0.15, -0.1) is 23.5 Å². The summed E-state index contributed by atoms with van der Waals surface area (Å²) in [6.45, 7) is 0. The van der Waals surface area contributed by atoms with Crippen LogP contribution in [-0.2, 0) is 0 Å². The molecule has 32 heavy (non-hydrogen) atoms. The van der Waals surface area contributed by atoms with Crippen LogP contribution in [0.2, 0.25) is 0 Å². The number of aliphatic imine (C=N–C) groups is 2. The number of rotatable bonds is 3. The molecule has 0 aromatic heterocycles. The number of para-hydroxylation sites is 2. The lowest BCUT2D eigenvalue weighted by Crippen LogP contribution is -2.38. The molecule has 154 valence electrons. The van der Waals surface area contributed by atoms with Gasteiger partial charge in [0.1, 0.15) is 0 Å². The number of nitrogens with zero attached hydrogens (tertiary/aromatic N) is 2. The van der Waals surface area contributed by atoms with Gasteiger partial charge in [-0.2, -0.15) is 0 Å². The molecule has 2 unspecified atom stereocenters. The van der Waals surface area contributed by atoms with Gasteiger partial charge in [-0.05, 0) is 35.4 Å². The minimum absolute atomic E-state index is 0.143. The summed E-state index contributed by atoms with van der Waals surface area (Å²) in [5, 5.41) is 0.286. The van der Waals surface area contributed by atoms with E-state index in [0.717, 1.165) is 22.8 Å². The minimum atomic E-state index is 0.143. The van der Waals surface area contributed by atoms with Crippen LogP contribution in [0.3, 0.4) is 0 Å². The van der Waals surface area contributed by atoms with Gasteiger partial charge in [-0.25, -0.2) is 0 Å². The second-order valence-electron chi connectivity index (χ2n) is 7.74. The smallest absolute Gasteiger partial charge is 0.0769 e. The van der Waals surface area contributed by atoms with Crippen molar-refractivity contribution in [2.24, 2.45) is 9.98 Å². The highest BCUT2D eigenvalue weighted by molar-refractivity contribution is 8.05. The summed E-state index contributed by atoms with van der Waals surface area (Å²) in [5.74, 6) is 0. The normalized spacial score (nSPS) is 19.4. The summed E-state index contributed by atoms with van der Waals surface area (Å²) in [4.78, 5) is 12.8. The summed E-state index contributed by atoms with van der Waals surface area (Å²) in [6.07, 6.45) is 0. The van der Waals surface area contributed by atoms with Crippen molar-refractivity contribution in [3.63, 3.8) is 0 Å². The number of hydrogen-bond acceptors (Lipinski definition) is 4. The molecule has 0 fully saturated rings. The van der Waals surface area contributed by atoms with Crippen LogP contribution in [0.4, 0.5) is 11.4 Å². The molecule has 0 amide bonds. The lowest BCUT2D eigenvalue weighted by atomic mass is 9.98. The molecule has 4 heteroatoms. The first-order valence-corrected chi connectivity index (χ1v) is 12.4. The zero-order valence-corrected chi connectivity index (χ0v) is 18.9. The molecule has 0 aliphatic carbocycles. The van der Waals surface area contributed by atoms with Crippen molar-refractivity contribution in [2.75, 3.05) is 0 Å². The average Bonchev–Trinajstić information content (AvgIpc) is 2.88. The van der Waals surface area contributed by atoms with Crippen LogP contribution in [0.25, 0.3) is 0 Å². The predicted molar refractivity (Wildman–Crippen MR) is 137 cm³/mol. The fourth-order valence-electron chi connectivity index (χ4n) is 4.16. The van der Waals surface area contributed by atoms with E-state index in [0.29, 0.717) is 0 Å². The Labute approximate surface area is 196 Å². The van der Waals surface area contributed by atoms with E-state index in [4.69, 9.17) is 9.98 Å². The Morgan fingerprint density at radius 2 is 0.812 bits per heavy atom. The van der Waals surface area contributed by atoms with Gasteiger partial charge in [0.15, 0.2) is 0 Å². The molecule has 2 atom stereocenters. The zero-order valence-electron chi connectivity index (χ0n) is 17.3. The third kappa shape index (κ3) is 3.60. The fraction of sp³-hybridized carbons (Fsp3) is 0.0714. The zero-order chi connectivity index (χ0) is 21.3. The molecule has 0 saturated heterocycles. The van der Waals surface area contributed by atoms with Gasteiger partial charge in [0.05, 0.1) is 33.3 Å². The molecular weight excluding hydrogens is 428 g/mol. The second-order valence-corrected chi connectivity index (χ2v) is 10.1. The molecule has 2 aliphatic heterocycles. The first kappa shape index (κ1) is 19.6. The Bertz CT molecular complexity index is 1220. The lowest BCUT2D eigenvalue weighted by molar-refractivity contribution is 1.12. The summed E-state index contributed by atoms with van der Waals surface area (Å²) >= 11 is 3.81. The second kappa shape index (κ2) is 8.45. The standard InChI is InChI=1S/C28H20N2S2/c1-3-11-19(12-4-1)25-27(31-23-17-9-7-15-21(23)29-25)28-26(20-13-5-2-6-14-20)30-22-16-8-10-18-24(22)32-28/h1-18,27-28H. The first-order chi connectivity index (χ1) is 15.9. The fourth-order valence-corrected chi connectivity index (χ4v) is 6.93. The summed E-state index contributed by atoms with van der Waals surface area (Å²) in [7, 11) is 0. The highest BCUT2D eigenvalue weighted by Crippen LogP contribution is 2.48. The molecule has 2 heterocycles. The average molecular weight is 449 g/mol. The van der Waals surface area contributed by atoms with E-state index in [9.17, 15) is 0 Å². The number of fused-ring (bicyclic) bond motifs is 2. The van der Waals surface area contributed by atoms with E-state index in [-0.39, 0.29) is 10.5 Å². The van der Waals surface area contributed by atoms with Gasteiger partial charge in [-0.3, -0.25) is 9.98 Å². The third-order valence-corrected chi connectivity index (χ3v) is 8.54. The Balaban J connectivity index is 1.52. The first-order valence-electron chi connectivity index (χ1n) is 10.7. The molecule has 0 saturated carbocycles. The lowest BCUT2D eigenvalue weighted by Gasteiger charge is -2.34. The van der Waals surface area contributed by atoms with Crippen molar-refractivity contribution < 1.29 is 0 Å². The molecular formula is C28H20N2S2. The highest BCUT2D eigenvalue weighted by Gasteiger charge is 2.38. The van der Waals surface area contributed by atoms with Crippen molar-refractivity contribution in [1.82, 2.24) is 0 Å². The summed E-state index contributed by atoms with van der Waals surface area (Å²) in [5.41, 5.74) is 6.68. The van der Waals surface area contributed by atoms with Crippen molar-refractivity contribution in [3.05, 3.63) is 120 Å². The molecule has 0 spiro atoms. The Morgan fingerprint density at radius 1 is 0.438 bits per heavy atom. The van der Waals surface area contributed by atoms with Crippen LogP contribution in [0.1, 0.15) is 11.1 Å². The number of thioether (sulfide) groups is 2. The van der Waals surface area contributed by atoms with Crippen LogP contribution in [-0.4, -0.2) is 21.9 Å². The van der Waals surface area contributed by atoms with Crippen molar-refractivity contribution in [1.29, 1.82) is 0 Å². The molecule has 4 aromatic rings. The Kier molecular flexibility index (Phi) is 5.18. The predicted octanol–water partition coefficient (Wildman–Crippen LogP) is 7.58. The third-order valence-electron chi connectivity index (χ3n) is 5.67. The van der Waals surface area contributed by atoms with E-state index < -0.39 is 0 Å². The number of hydrogen-bond donors (Lipinski definition) is 0. The maximum absolute atomic E-state index is 5.18. The largest absolute Gasteiger partial charge is 0.250 e. The Morgan fingerprint density at radius 3 is 1.25 bits per heavy atom. The van der Waals surface area contributed by atoms with Crippen LogP contribution in [0, 0.1) is 0 Å². The van der Waals surface area contributed by atoms with E-state index in [1.807, 2.05) is 23.5 Å². The molecule has 0 bridgehead atoms. The van der Waals surface area contributed by atoms with E-state index in [2.05, 4.69) is 109 Å². The van der Waals surface area contributed by atoms with Gasteiger partial charge in [0, 0.05) is 9.79 Å². The monoisotopic (exact) mass is 448 g/mol. The maximum Gasteiger partial charge on any atom is 0.0769 e. The minimum Gasteiger partial charge on any atom is -0.250 e. The molecule has 0 radical (unpaired) electrons. The van der Waals surface area contributed by atoms with Gasteiger partial charge < -0.3 is 0 Å². The maximum atomic E-state index is 5.18. The van der Waals surface area contributed by atoms with Gasteiger partial charge in [0.2, 0.25) is 0 Å². The van der Waals surface area contributed by atoms with Crippen molar-refractivity contribution >= 4 is 46.3 Å². The van der Waals surface area contributed by atoms with Crippen LogP contribution in [0.5, 0.6) is 0 Å². The van der Waals surface area contributed by atoms with Gasteiger partial charge in [-0.1, -0.05) is 84.9 Å². The van der Waals surface area contributed by atoms with Gasteiger partial charge in [0.25, 0.3) is 0 Å². The van der Waals surface area contributed by atoms with Gasteiger partial charge >= 0.3 is 0 Å². The molecule has 2 aliphatic rings. The molecule has 6 rings (SSSR count). The van der Waals surface area contributed by atoms with Crippen molar-refractivity contribution in [3.8, 4) is 0 Å². The summed E-state index contributed by atoms with van der Waals surface area (Å²) < 4.78 is 0. The van der Waals surface area contributed by atoms with Crippen molar-refractivity contribution in [2.45, 2.75) is 20.3 Å². The quantitative estimate of drug-likeness (QED) is 0.323. The van der Waals surface area contributed by atoms with Crippen LogP contribution >= 0.6 is 23.5 Å². The molecule has 0 N–H and O–H groups in total. The van der Waals surface area contributed by atoms with E-state index in [1.54, 1.807) is 0 Å². The van der Waals surface area contributed by atoms with E-state index in [1.165, 1.54) is 20.9 Å². The SMILES string of the molecule is c1ccc(C2=Nc3ccccc3SC2C2Sc3ccccc3N=C2c2ccccc2)cc1. The molecule has 2 nitrogen and oxygen atoms in total.